The Kier molecular flexibility index (Phi) is 5.06. The molecule has 7 heteroatoms. The number of rotatable bonds is 4. The van der Waals surface area contributed by atoms with Gasteiger partial charge in [0, 0.05) is 32.1 Å². The highest BCUT2D eigenvalue weighted by Gasteiger charge is 2.29. The summed E-state index contributed by atoms with van der Waals surface area (Å²) in [4.78, 5) is 27.8. The normalized spacial score (nSPS) is 16.8. The highest BCUT2D eigenvalue weighted by atomic mass is 16.5. The van der Waals surface area contributed by atoms with Crippen LogP contribution in [0.1, 0.15) is 46.6 Å². The molecule has 0 spiro atoms. The molecule has 0 radical (unpaired) electrons. The van der Waals surface area contributed by atoms with E-state index >= 15 is 0 Å². The van der Waals surface area contributed by atoms with E-state index in [-0.39, 0.29) is 11.8 Å². The van der Waals surface area contributed by atoms with Gasteiger partial charge in [-0.1, -0.05) is 18.2 Å². The van der Waals surface area contributed by atoms with E-state index in [9.17, 15) is 4.79 Å². The van der Waals surface area contributed by atoms with Gasteiger partial charge >= 0.3 is 0 Å². The van der Waals surface area contributed by atoms with E-state index in [1.165, 1.54) is 0 Å². The second-order valence-corrected chi connectivity index (χ2v) is 6.94. The number of carbonyl (C=O) groups is 1. The maximum atomic E-state index is 12.9. The molecule has 1 atom stereocenters. The molecule has 1 fully saturated rings. The lowest BCUT2D eigenvalue weighted by Crippen LogP contribution is -2.39. The Morgan fingerprint density at radius 1 is 1.18 bits per heavy atom. The molecular formula is C21H22N4O3. The Labute approximate surface area is 163 Å². The summed E-state index contributed by atoms with van der Waals surface area (Å²) in [6, 6.07) is 9.49. The van der Waals surface area contributed by atoms with Crippen LogP contribution in [-0.2, 0) is 0 Å². The zero-order valence-corrected chi connectivity index (χ0v) is 16.0. The summed E-state index contributed by atoms with van der Waals surface area (Å²) in [5.41, 5.74) is 1.46. The number of ether oxygens (including phenoxy) is 1. The molecule has 0 unspecified atom stereocenters. The molecule has 3 heterocycles. The van der Waals surface area contributed by atoms with Gasteiger partial charge < -0.3 is 14.1 Å². The van der Waals surface area contributed by atoms with Gasteiger partial charge in [0.05, 0.1) is 17.6 Å². The molecule has 4 rings (SSSR count). The summed E-state index contributed by atoms with van der Waals surface area (Å²) in [5.74, 6) is 1.98. The first-order valence-corrected chi connectivity index (χ1v) is 9.38. The smallest absolute Gasteiger partial charge is 0.291 e. The topological polar surface area (TPSA) is 81.4 Å². The molecule has 3 aromatic rings. The number of likely N-dealkylation sites (tertiary alicyclic amines) is 1. The number of para-hydroxylation sites is 1. The van der Waals surface area contributed by atoms with Gasteiger partial charge in [0.2, 0.25) is 11.6 Å². The fourth-order valence-corrected chi connectivity index (χ4v) is 3.49. The number of aromatic nitrogens is 3. The van der Waals surface area contributed by atoms with Crippen LogP contribution in [0.15, 0.2) is 47.1 Å². The fraction of sp³-hybridized carbons (Fsp3) is 0.333. The van der Waals surface area contributed by atoms with E-state index in [2.05, 4.69) is 15.0 Å². The van der Waals surface area contributed by atoms with Crippen molar-refractivity contribution in [3.8, 4) is 11.6 Å². The third-order valence-electron chi connectivity index (χ3n) is 4.82. The van der Waals surface area contributed by atoms with Crippen LogP contribution < -0.4 is 4.74 Å². The molecule has 1 amide bonds. The minimum Gasteiger partial charge on any atom is -0.437 e. The molecular weight excluding hydrogens is 356 g/mol. The zero-order valence-electron chi connectivity index (χ0n) is 16.0. The fourth-order valence-electron chi connectivity index (χ4n) is 3.49. The van der Waals surface area contributed by atoms with Crippen molar-refractivity contribution in [3.05, 3.63) is 65.8 Å². The van der Waals surface area contributed by atoms with Crippen molar-refractivity contribution in [1.82, 2.24) is 19.9 Å². The van der Waals surface area contributed by atoms with Crippen molar-refractivity contribution < 1.29 is 13.9 Å². The Balaban J connectivity index is 1.49. The van der Waals surface area contributed by atoms with Crippen molar-refractivity contribution in [2.45, 2.75) is 32.6 Å². The van der Waals surface area contributed by atoms with Crippen molar-refractivity contribution in [3.63, 3.8) is 0 Å². The minimum atomic E-state index is -0.118. The van der Waals surface area contributed by atoms with Crippen LogP contribution in [0.25, 0.3) is 0 Å². The lowest BCUT2D eigenvalue weighted by Gasteiger charge is -2.31. The molecule has 0 saturated carbocycles. The minimum absolute atomic E-state index is 0.105. The predicted octanol–water partition coefficient (Wildman–Crippen LogP) is 3.89. The molecule has 1 aliphatic rings. The Hall–Kier alpha value is -3.22. The predicted molar refractivity (Wildman–Crippen MR) is 102 cm³/mol. The maximum absolute atomic E-state index is 12.9. The van der Waals surface area contributed by atoms with E-state index in [1.807, 2.05) is 35.2 Å². The van der Waals surface area contributed by atoms with Gasteiger partial charge in [-0.3, -0.25) is 9.78 Å². The number of piperidine rings is 1. The SMILES string of the molecule is Cc1nc(C)c(C(=O)N2CCC[C@@H](c3cncc(Oc4ccccc4)n3)C2)o1. The van der Waals surface area contributed by atoms with Gasteiger partial charge in [-0.05, 0) is 31.9 Å². The molecule has 2 aromatic heterocycles. The van der Waals surface area contributed by atoms with Crippen molar-refractivity contribution >= 4 is 5.91 Å². The van der Waals surface area contributed by atoms with Crippen LogP contribution in [0.4, 0.5) is 0 Å². The number of oxazole rings is 1. The molecule has 0 N–H and O–H groups in total. The van der Waals surface area contributed by atoms with E-state index in [0.717, 1.165) is 18.5 Å². The number of aryl methyl sites for hydroxylation is 2. The van der Waals surface area contributed by atoms with Crippen LogP contribution in [-0.4, -0.2) is 38.8 Å². The molecule has 0 bridgehead atoms. The van der Waals surface area contributed by atoms with E-state index in [4.69, 9.17) is 9.15 Å². The molecule has 1 saturated heterocycles. The molecule has 28 heavy (non-hydrogen) atoms. The van der Waals surface area contributed by atoms with Crippen LogP contribution >= 0.6 is 0 Å². The number of hydrogen-bond donors (Lipinski definition) is 0. The first-order valence-electron chi connectivity index (χ1n) is 9.38. The standard InChI is InChI=1S/C21H22N4O3/c1-14-20(27-15(2)23-14)21(26)25-10-6-7-16(13-25)18-11-22-12-19(24-18)28-17-8-4-3-5-9-17/h3-5,8-9,11-12,16H,6-7,10,13H2,1-2H3/t16-/m1/s1. The molecule has 0 aliphatic carbocycles. The number of amides is 1. The quantitative estimate of drug-likeness (QED) is 0.685. The first-order chi connectivity index (χ1) is 13.6. The average Bonchev–Trinajstić information content (AvgIpc) is 3.06. The van der Waals surface area contributed by atoms with E-state index < -0.39 is 0 Å². The Morgan fingerprint density at radius 3 is 2.75 bits per heavy atom. The van der Waals surface area contributed by atoms with Gasteiger partial charge in [-0.25, -0.2) is 9.97 Å². The van der Waals surface area contributed by atoms with Crippen molar-refractivity contribution in [2.75, 3.05) is 13.1 Å². The Morgan fingerprint density at radius 2 is 2.00 bits per heavy atom. The van der Waals surface area contributed by atoms with Crippen LogP contribution in [0.2, 0.25) is 0 Å². The summed E-state index contributed by atoms with van der Waals surface area (Å²) in [6.45, 7) is 4.81. The summed E-state index contributed by atoms with van der Waals surface area (Å²) in [7, 11) is 0. The molecule has 1 aliphatic heterocycles. The first kappa shape index (κ1) is 18.2. The van der Waals surface area contributed by atoms with Crippen molar-refractivity contribution in [2.24, 2.45) is 0 Å². The lowest BCUT2D eigenvalue weighted by atomic mass is 9.95. The second-order valence-electron chi connectivity index (χ2n) is 6.94. The zero-order chi connectivity index (χ0) is 19.5. The number of benzene rings is 1. The third-order valence-corrected chi connectivity index (χ3v) is 4.82. The van der Waals surface area contributed by atoms with Gasteiger partial charge in [-0.2, -0.15) is 0 Å². The van der Waals surface area contributed by atoms with Crippen LogP contribution in [0.5, 0.6) is 11.6 Å². The lowest BCUT2D eigenvalue weighted by molar-refractivity contribution is 0.0671. The Bertz CT molecular complexity index is 971. The van der Waals surface area contributed by atoms with Crippen LogP contribution in [0.3, 0.4) is 0 Å². The van der Waals surface area contributed by atoms with Crippen LogP contribution in [0, 0.1) is 13.8 Å². The van der Waals surface area contributed by atoms with Gasteiger partial charge in [-0.15, -0.1) is 0 Å². The van der Waals surface area contributed by atoms with E-state index in [0.29, 0.717) is 42.1 Å². The summed E-state index contributed by atoms with van der Waals surface area (Å²) < 4.78 is 11.3. The highest BCUT2D eigenvalue weighted by molar-refractivity contribution is 5.92. The van der Waals surface area contributed by atoms with E-state index in [1.54, 1.807) is 26.2 Å². The summed E-state index contributed by atoms with van der Waals surface area (Å²) >= 11 is 0. The summed E-state index contributed by atoms with van der Waals surface area (Å²) in [6.07, 6.45) is 5.19. The summed E-state index contributed by atoms with van der Waals surface area (Å²) in [5, 5.41) is 0. The average molecular weight is 378 g/mol. The number of nitrogens with zero attached hydrogens (tertiary/aromatic N) is 4. The van der Waals surface area contributed by atoms with Gasteiger partial charge in [0.25, 0.3) is 5.91 Å². The van der Waals surface area contributed by atoms with Crippen molar-refractivity contribution in [1.29, 1.82) is 0 Å². The molecule has 1 aromatic carbocycles. The van der Waals surface area contributed by atoms with Gasteiger partial charge in [0.1, 0.15) is 5.75 Å². The maximum Gasteiger partial charge on any atom is 0.291 e. The number of carbonyl (C=O) groups excluding carboxylic acids is 1. The van der Waals surface area contributed by atoms with Gasteiger partial charge in [0.15, 0.2) is 5.89 Å². The second kappa shape index (κ2) is 7.80. The third kappa shape index (κ3) is 3.88. The number of hydrogen-bond acceptors (Lipinski definition) is 6. The molecule has 7 nitrogen and oxygen atoms in total. The molecule has 144 valence electrons. The largest absolute Gasteiger partial charge is 0.437 e. The highest BCUT2D eigenvalue weighted by Crippen LogP contribution is 2.28. The monoisotopic (exact) mass is 378 g/mol.